The number of ketones is 1. The Bertz CT molecular complexity index is 1960. The Morgan fingerprint density at radius 1 is 0.780 bits per heavy atom. The Balaban J connectivity index is 1.40. The van der Waals surface area contributed by atoms with E-state index >= 15 is 0 Å². The van der Waals surface area contributed by atoms with Crippen molar-refractivity contribution in [1.29, 1.82) is 0 Å². The highest BCUT2D eigenvalue weighted by molar-refractivity contribution is 6.17. The van der Waals surface area contributed by atoms with E-state index in [0.29, 0.717) is 21.9 Å². The van der Waals surface area contributed by atoms with Gasteiger partial charge in [-0.3, -0.25) is 9.59 Å². The second kappa shape index (κ2) is 10.5. The van der Waals surface area contributed by atoms with Crippen molar-refractivity contribution in [3.63, 3.8) is 0 Å². The number of aromatic carboxylic acids is 1. The van der Waals surface area contributed by atoms with Gasteiger partial charge in [-0.1, -0.05) is 60.7 Å². The van der Waals surface area contributed by atoms with E-state index in [4.69, 9.17) is 5.11 Å². The number of halogens is 1. The van der Waals surface area contributed by atoms with Crippen LogP contribution < -0.4 is 5.32 Å². The summed E-state index contributed by atoms with van der Waals surface area (Å²) in [5.41, 5.74) is 3.74. The minimum Gasteiger partial charge on any atom is -0.478 e. The lowest BCUT2D eigenvalue weighted by Gasteiger charge is -2.11. The normalized spacial score (nSPS) is 11.0. The molecular formula is C33H22FN3O4. The Kier molecular flexibility index (Phi) is 6.57. The van der Waals surface area contributed by atoms with E-state index in [1.165, 1.54) is 35.0 Å². The lowest BCUT2D eigenvalue weighted by Crippen LogP contribution is -2.24. The fraction of sp³-hybridized carbons (Fsp3) is 0.0303. The first-order chi connectivity index (χ1) is 19.9. The molecular weight excluding hydrogens is 521 g/mol. The second-order valence-corrected chi connectivity index (χ2v) is 9.58. The molecule has 4 aromatic carbocycles. The molecule has 200 valence electrons. The minimum atomic E-state index is -1.03. The summed E-state index contributed by atoms with van der Waals surface area (Å²) in [5, 5.41) is 17.8. The molecule has 1 amide bonds. The standard InChI is InChI=1S/C33H22FN3O4/c34-27-13-12-23-14-25(11-10-24(23)15-27)31(38)29-18-36-37-19-26(21-4-2-1-3-5-21)16-28(30(29)37)32(39)35-17-20-6-8-22(9-7-20)33(40)41/h1-16,18-19H,17H2,(H,35,39)(H,40,41). The van der Waals surface area contributed by atoms with Crippen LogP contribution in [0.1, 0.15) is 42.2 Å². The molecule has 2 heterocycles. The van der Waals surface area contributed by atoms with E-state index < -0.39 is 11.9 Å². The molecule has 2 N–H and O–H groups in total. The molecule has 0 bridgehead atoms. The largest absolute Gasteiger partial charge is 0.478 e. The van der Waals surface area contributed by atoms with E-state index in [1.807, 2.05) is 30.3 Å². The van der Waals surface area contributed by atoms with Crippen molar-refractivity contribution in [2.24, 2.45) is 0 Å². The van der Waals surface area contributed by atoms with Gasteiger partial charge in [0.2, 0.25) is 0 Å². The third kappa shape index (κ3) is 5.06. The number of carboxylic acid groups (broad SMARTS) is 1. The summed E-state index contributed by atoms with van der Waals surface area (Å²) < 4.78 is 15.2. The van der Waals surface area contributed by atoms with E-state index in [9.17, 15) is 18.8 Å². The zero-order valence-corrected chi connectivity index (χ0v) is 21.5. The Hall–Kier alpha value is -5.63. The smallest absolute Gasteiger partial charge is 0.335 e. The first-order valence-corrected chi connectivity index (χ1v) is 12.8. The number of benzene rings is 4. The zero-order valence-electron chi connectivity index (χ0n) is 21.5. The molecule has 0 fully saturated rings. The SMILES string of the molecule is O=C(O)c1ccc(CNC(=O)c2cc(-c3ccccc3)cn3ncc(C(=O)c4ccc5cc(F)ccc5c4)c23)cc1. The monoisotopic (exact) mass is 543 g/mol. The summed E-state index contributed by atoms with van der Waals surface area (Å²) in [5.74, 6) is -2.13. The van der Waals surface area contributed by atoms with Crippen LogP contribution >= 0.6 is 0 Å². The van der Waals surface area contributed by atoms with Crippen LogP contribution in [0.25, 0.3) is 27.4 Å². The van der Waals surface area contributed by atoms with Crippen LogP contribution in [0.3, 0.4) is 0 Å². The molecule has 0 aliphatic heterocycles. The molecule has 0 radical (unpaired) electrons. The van der Waals surface area contributed by atoms with E-state index in [2.05, 4.69) is 10.4 Å². The van der Waals surface area contributed by atoms with Gasteiger partial charge < -0.3 is 10.4 Å². The van der Waals surface area contributed by atoms with Crippen molar-refractivity contribution < 1.29 is 23.9 Å². The highest BCUT2D eigenvalue weighted by Gasteiger charge is 2.22. The molecule has 0 saturated heterocycles. The second-order valence-electron chi connectivity index (χ2n) is 9.58. The summed E-state index contributed by atoms with van der Waals surface area (Å²) in [6.07, 6.45) is 3.22. The topological polar surface area (TPSA) is 101 Å². The predicted octanol–water partition coefficient (Wildman–Crippen LogP) is 6.15. The number of carbonyl (C=O) groups excluding carboxylic acids is 2. The van der Waals surface area contributed by atoms with Crippen LogP contribution in [0, 0.1) is 5.82 Å². The highest BCUT2D eigenvalue weighted by atomic mass is 19.1. The van der Waals surface area contributed by atoms with Crippen LogP contribution in [0.5, 0.6) is 0 Å². The Morgan fingerprint density at radius 3 is 2.24 bits per heavy atom. The van der Waals surface area contributed by atoms with Gasteiger partial charge in [-0.25, -0.2) is 13.7 Å². The summed E-state index contributed by atoms with van der Waals surface area (Å²) in [4.78, 5) is 38.5. The average Bonchev–Trinajstić information content (AvgIpc) is 3.43. The lowest BCUT2D eigenvalue weighted by atomic mass is 9.98. The van der Waals surface area contributed by atoms with Crippen LogP contribution in [-0.4, -0.2) is 32.4 Å². The summed E-state index contributed by atoms with van der Waals surface area (Å²) in [7, 11) is 0. The van der Waals surface area contributed by atoms with Gasteiger partial charge in [-0.05, 0) is 58.3 Å². The summed E-state index contributed by atoms with van der Waals surface area (Å²) in [6, 6.07) is 26.9. The van der Waals surface area contributed by atoms with Gasteiger partial charge >= 0.3 is 5.97 Å². The molecule has 8 heteroatoms. The first-order valence-electron chi connectivity index (χ1n) is 12.8. The van der Waals surface area contributed by atoms with E-state index in [1.54, 1.807) is 48.7 Å². The van der Waals surface area contributed by atoms with Crippen LogP contribution in [0.4, 0.5) is 4.39 Å². The number of hydrogen-bond donors (Lipinski definition) is 2. The van der Waals surface area contributed by atoms with Gasteiger partial charge in [0.05, 0.1) is 28.4 Å². The van der Waals surface area contributed by atoms with Gasteiger partial charge in [0.25, 0.3) is 5.91 Å². The molecule has 0 spiro atoms. The van der Waals surface area contributed by atoms with Gasteiger partial charge in [0.15, 0.2) is 5.78 Å². The minimum absolute atomic E-state index is 0.151. The molecule has 0 aliphatic carbocycles. The average molecular weight is 544 g/mol. The predicted molar refractivity (Wildman–Crippen MR) is 153 cm³/mol. The molecule has 0 aliphatic rings. The number of rotatable bonds is 7. The van der Waals surface area contributed by atoms with Crippen molar-refractivity contribution in [2.75, 3.05) is 0 Å². The van der Waals surface area contributed by atoms with Crippen LogP contribution in [0.2, 0.25) is 0 Å². The molecule has 41 heavy (non-hydrogen) atoms. The van der Waals surface area contributed by atoms with Crippen molar-refractivity contribution >= 4 is 33.9 Å². The quantitative estimate of drug-likeness (QED) is 0.235. The van der Waals surface area contributed by atoms with Crippen molar-refractivity contribution in [1.82, 2.24) is 14.9 Å². The number of fused-ring (bicyclic) bond motifs is 2. The molecule has 6 aromatic rings. The lowest BCUT2D eigenvalue weighted by molar-refractivity contribution is 0.0696. The molecule has 2 aromatic heterocycles. The molecule has 7 nitrogen and oxygen atoms in total. The van der Waals surface area contributed by atoms with Crippen LogP contribution in [0.15, 0.2) is 109 Å². The van der Waals surface area contributed by atoms with E-state index in [0.717, 1.165) is 16.7 Å². The third-order valence-corrected chi connectivity index (χ3v) is 6.93. The summed E-state index contributed by atoms with van der Waals surface area (Å²) >= 11 is 0. The van der Waals surface area contributed by atoms with Crippen molar-refractivity contribution in [3.8, 4) is 11.1 Å². The number of aromatic nitrogens is 2. The fourth-order valence-corrected chi connectivity index (χ4v) is 4.81. The van der Waals surface area contributed by atoms with Gasteiger partial charge in [-0.2, -0.15) is 5.10 Å². The number of carboxylic acids is 1. The maximum atomic E-state index is 13.7. The molecule has 6 rings (SSSR count). The van der Waals surface area contributed by atoms with Gasteiger partial charge in [-0.15, -0.1) is 0 Å². The summed E-state index contributed by atoms with van der Waals surface area (Å²) in [6.45, 7) is 0.152. The number of amides is 1. The number of nitrogens with zero attached hydrogens (tertiary/aromatic N) is 2. The Labute approximate surface area is 233 Å². The maximum absolute atomic E-state index is 13.7. The zero-order chi connectivity index (χ0) is 28.5. The first kappa shape index (κ1) is 25.6. The number of pyridine rings is 1. The molecule has 0 unspecified atom stereocenters. The number of nitrogens with one attached hydrogen (secondary N) is 1. The Morgan fingerprint density at radius 2 is 1.49 bits per heavy atom. The van der Waals surface area contributed by atoms with Gasteiger partial charge in [0.1, 0.15) is 5.82 Å². The molecule has 0 atom stereocenters. The fourth-order valence-electron chi connectivity index (χ4n) is 4.81. The third-order valence-electron chi connectivity index (χ3n) is 6.93. The van der Waals surface area contributed by atoms with Crippen molar-refractivity contribution in [2.45, 2.75) is 6.54 Å². The molecule has 0 saturated carbocycles. The van der Waals surface area contributed by atoms with Gasteiger partial charge in [0, 0.05) is 23.9 Å². The maximum Gasteiger partial charge on any atom is 0.335 e. The highest BCUT2D eigenvalue weighted by Crippen LogP contribution is 2.27. The van der Waals surface area contributed by atoms with E-state index in [-0.39, 0.29) is 34.8 Å². The van der Waals surface area contributed by atoms with Crippen LogP contribution in [-0.2, 0) is 6.54 Å². The number of hydrogen-bond acceptors (Lipinski definition) is 4. The number of carbonyl (C=O) groups is 3. The van der Waals surface area contributed by atoms with Crippen molar-refractivity contribution in [3.05, 3.63) is 143 Å².